The van der Waals surface area contributed by atoms with E-state index in [0.717, 1.165) is 28.1 Å². The Balaban J connectivity index is 2.13. The lowest BCUT2D eigenvalue weighted by Crippen LogP contribution is -1.89. The van der Waals surface area contributed by atoms with Gasteiger partial charge in [0.1, 0.15) is 18.3 Å². The van der Waals surface area contributed by atoms with E-state index in [9.17, 15) is 0 Å². The Hall–Kier alpha value is -2.14. The molecule has 0 unspecified atom stereocenters. The van der Waals surface area contributed by atoms with Gasteiger partial charge in [-0.3, -0.25) is 0 Å². The predicted octanol–water partition coefficient (Wildman–Crippen LogP) is 1.76. The summed E-state index contributed by atoms with van der Waals surface area (Å²) in [5.41, 5.74) is 3.99. The van der Waals surface area contributed by atoms with Crippen LogP contribution in [0.2, 0.25) is 0 Å². The average Bonchev–Trinajstić information content (AvgIpc) is 2.95. The number of hydrogen-bond acceptors (Lipinski definition) is 3. The van der Waals surface area contributed by atoms with Crippen molar-refractivity contribution >= 4 is 11.0 Å². The van der Waals surface area contributed by atoms with Gasteiger partial charge >= 0.3 is 0 Å². The smallest absolute Gasteiger partial charge is 0.132 e. The highest BCUT2D eigenvalue weighted by Crippen LogP contribution is 2.23. The van der Waals surface area contributed by atoms with Gasteiger partial charge in [0, 0.05) is 12.6 Å². The van der Waals surface area contributed by atoms with Crippen LogP contribution in [0.1, 0.15) is 11.6 Å². The van der Waals surface area contributed by atoms with E-state index in [-0.39, 0.29) is 6.61 Å². The van der Waals surface area contributed by atoms with Gasteiger partial charge in [-0.1, -0.05) is 6.07 Å². The predicted molar refractivity (Wildman–Crippen MR) is 69.0 cm³/mol. The Kier molecular flexibility index (Phi) is 2.41. The number of aryl methyl sites for hydroxylation is 2. The zero-order valence-corrected chi connectivity index (χ0v) is 10.3. The Labute approximate surface area is 104 Å². The van der Waals surface area contributed by atoms with Crippen molar-refractivity contribution in [2.24, 2.45) is 7.05 Å². The minimum atomic E-state index is -0.0784. The van der Waals surface area contributed by atoms with Crippen molar-refractivity contribution in [1.82, 2.24) is 19.5 Å². The van der Waals surface area contributed by atoms with Gasteiger partial charge in [-0.15, -0.1) is 0 Å². The molecule has 0 atom stereocenters. The van der Waals surface area contributed by atoms with Crippen LogP contribution in [-0.4, -0.2) is 24.6 Å². The standard InChI is InChI=1S/C13H14N4O/c1-8-15-10-5-9(3-4-12(10)17(8)2)11-6-14-13(7-18)16-11/h3-6,18H,7H2,1-2H3,(H,14,16). The van der Waals surface area contributed by atoms with E-state index in [2.05, 4.69) is 19.5 Å². The number of imidazole rings is 2. The molecule has 0 saturated heterocycles. The van der Waals surface area contributed by atoms with Gasteiger partial charge in [0.15, 0.2) is 0 Å². The van der Waals surface area contributed by atoms with E-state index < -0.39 is 0 Å². The zero-order chi connectivity index (χ0) is 12.7. The molecule has 0 bridgehead atoms. The molecule has 3 rings (SSSR count). The highest BCUT2D eigenvalue weighted by atomic mass is 16.3. The molecule has 0 saturated carbocycles. The maximum absolute atomic E-state index is 9.00. The summed E-state index contributed by atoms with van der Waals surface area (Å²) in [6, 6.07) is 6.10. The lowest BCUT2D eigenvalue weighted by molar-refractivity contribution is 0.272. The summed E-state index contributed by atoms with van der Waals surface area (Å²) < 4.78 is 2.06. The Morgan fingerprint density at radius 2 is 2.22 bits per heavy atom. The van der Waals surface area contributed by atoms with Gasteiger partial charge in [0.05, 0.1) is 22.9 Å². The largest absolute Gasteiger partial charge is 0.388 e. The number of aromatic nitrogens is 4. The first-order valence-electron chi connectivity index (χ1n) is 5.77. The maximum atomic E-state index is 9.00. The molecule has 0 aliphatic carbocycles. The molecular weight excluding hydrogens is 228 g/mol. The van der Waals surface area contributed by atoms with Gasteiger partial charge in [0.2, 0.25) is 0 Å². The molecule has 0 radical (unpaired) electrons. The van der Waals surface area contributed by atoms with E-state index in [1.54, 1.807) is 6.20 Å². The Bertz CT molecular complexity index is 711. The highest BCUT2D eigenvalue weighted by molar-refractivity contribution is 5.81. The summed E-state index contributed by atoms with van der Waals surface area (Å²) in [6.07, 6.45) is 1.72. The lowest BCUT2D eigenvalue weighted by Gasteiger charge is -1.99. The summed E-state index contributed by atoms with van der Waals surface area (Å²) in [7, 11) is 2.00. The lowest BCUT2D eigenvalue weighted by atomic mass is 10.1. The van der Waals surface area contributed by atoms with Gasteiger partial charge in [0.25, 0.3) is 0 Å². The number of rotatable bonds is 2. The molecule has 1 aromatic carbocycles. The number of fused-ring (bicyclic) bond motifs is 1. The van der Waals surface area contributed by atoms with Crippen molar-refractivity contribution < 1.29 is 5.11 Å². The highest BCUT2D eigenvalue weighted by Gasteiger charge is 2.07. The van der Waals surface area contributed by atoms with Crippen LogP contribution in [0.4, 0.5) is 0 Å². The third kappa shape index (κ3) is 1.60. The second-order valence-electron chi connectivity index (χ2n) is 4.32. The normalized spacial score (nSPS) is 11.3. The van der Waals surface area contributed by atoms with Gasteiger partial charge in [-0.2, -0.15) is 0 Å². The SMILES string of the molecule is Cc1nc2cc(-c3cnc(CO)[nH]3)ccc2n1C. The van der Waals surface area contributed by atoms with Crippen LogP contribution < -0.4 is 0 Å². The molecule has 18 heavy (non-hydrogen) atoms. The van der Waals surface area contributed by atoms with Crippen molar-refractivity contribution in [3.8, 4) is 11.3 Å². The molecular formula is C13H14N4O. The monoisotopic (exact) mass is 242 g/mol. The van der Waals surface area contributed by atoms with Crippen molar-refractivity contribution in [3.63, 3.8) is 0 Å². The molecule has 5 heteroatoms. The molecule has 2 heterocycles. The molecule has 2 aromatic heterocycles. The molecule has 0 aliphatic rings. The van der Waals surface area contributed by atoms with Crippen molar-refractivity contribution in [3.05, 3.63) is 36.0 Å². The molecule has 92 valence electrons. The first-order chi connectivity index (χ1) is 8.69. The first-order valence-corrected chi connectivity index (χ1v) is 5.77. The number of aromatic amines is 1. The second-order valence-corrected chi connectivity index (χ2v) is 4.32. The maximum Gasteiger partial charge on any atom is 0.132 e. The molecule has 0 amide bonds. The summed E-state index contributed by atoms with van der Waals surface area (Å²) in [5, 5.41) is 9.00. The van der Waals surface area contributed by atoms with Crippen molar-refractivity contribution in [1.29, 1.82) is 0 Å². The first kappa shape index (κ1) is 11.0. The average molecular weight is 242 g/mol. The Morgan fingerprint density at radius 3 is 2.94 bits per heavy atom. The topological polar surface area (TPSA) is 66.7 Å². The summed E-state index contributed by atoms with van der Waals surface area (Å²) >= 11 is 0. The van der Waals surface area contributed by atoms with Gasteiger partial charge < -0.3 is 14.7 Å². The van der Waals surface area contributed by atoms with E-state index in [1.807, 2.05) is 32.2 Å². The number of aliphatic hydroxyl groups excluding tert-OH is 1. The van der Waals surface area contributed by atoms with E-state index in [4.69, 9.17) is 5.11 Å². The molecule has 0 aliphatic heterocycles. The summed E-state index contributed by atoms with van der Waals surface area (Å²) in [6.45, 7) is 1.91. The number of H-pyrrole nitrogens is 1. The molecule has 0 spiro atoms. The molecule has 2 N–H and O–H groups in total. The molecule has 5 nitrogen and oxygen atoms in total. The fraction of sp³-hybridized carbons (Fsp3) is 0.231. The molecule has 3 aromatic rings. The fourth-order valence-electron chi connectivity index (χ4n) is 2.08. The van der Waals surface area contributed by atoms with Gasteiger partial charge in [-0.05, 0) is 19.1 Å². The number of benzene rings is 1. The van der Waals surface area contributed by atoms with Crippen molar-refractivity contribution in [2.75, 3.05) is 0 Å². The van der Waals surface area contributed by atoms with Crippen LogP contribution in [0.25, 0.3) is 22.3 Å². The van der Waals surface area contributed by atoms with Crippen molar-refractivity contribution in [2.45, 2.75) is 13.5 Å². The van der Waals surface area contributed by atoms with E-state index >= 15 is 0 Å². The van der Waals surface area contributed by atoms with Crippen LogP contribution in [0.5, 0.6) is 0 Å². The van der Waals surface area contributed by atoms with Crippen LogP contribution in [0.3, 0.4) is 0 Å². The van der Waals surface area contributed by atoms with Crippen LogP contribution in [0, 0.1) is 6.92 Å². The third-order valence-corrected chi connectivity index (χ3v) is 3.19. The minimum absolute atomic E-state index is 0.0784. The van der Waals surface area contributed by atoms with Crippen LogP contribution >= 0.6 is 0 Å². The number of hydrogen-bond donors (Lipinski definition) is 2. The minimum Gasteiger partial charge on any atom is -0.388 e. The van der Waals surface area contributed by atoms with Gasteiger partial charge in [-0.25, -0.2) is 9.97 Å². The fourth-order valence-corrected chi connectivity index (χ4v) is 2.08. The summed E-state index contributed by atoms with van der Waals surface area (Å²) in [4.78, 5) is 11.7. The third-order valence-electron chi connectivity index (χ3n) is 3.19. The zero-order valence-electron chi connectivity index (χ0n) is 10.3. The van der Waals surface area contributed by atoms with E-state index in [0.29, 0.717) is 5.82 Å². The number of nitrogens with one attached hydrogen (secondary N) is 1. The van der Waals surface area contributed by atoms with Crippen LogP contribution in [-0.2, 0) is 13.7 Å². The number of nitrogens with zero attached hydrogens (tertiary/aromatic N) is 3. The second kappa shape index (κ2) is 3.96. The Morgan fingerprint density at radius 1 is 1.39 bits per heavy atom. The molecule has 0 fully saturated rings. The summed E-state index contributed by atoms with van der Waals surface area (Å²) in [5.74, 6) is 1.56. The van der Waals surface area contributed by atoms with E-state index in [1.165, 1.54) is 0 Å². The van der Waals surface area contributed by atoms with Crippen LogP contribution in [0.15, 0.2) is 24.4 Å². The number of aliphatic hydroxyl groups is 1. The quantitative estimate of drug-likeness (QED) is 0.719.